The van der Waals surface area contributed by atoms with E-state index >= 15 is 0 Å². The second kappa shape index (κ2) is 7.99. The fraction of sp³-hybridized carbons (Fsp3) is 0.571. The number of benzene rings is 1. The van der Waals surface area contributed by atoms with E-state index in [9.17, 15) is 22.0 Å². The molecular formula is C14H16F5O2PS. The lowest BCUT2D eigenvalue weighted by Gasteiger charge is -2.25. The molecule has 9 heteroatoms. The van der Waals surface area contributed by atoms with Crippen LogP contribution in [-0.4, -0.2) is 26.0 Å². The second-order valence-electron chi connectivity index (χ2n) is 5.12. The average Bonchev–Trinajstić information content (AvgIpc) is 2.52. The number of rotatable bonds is 5. The summed E-state index contributed by atoms with van der Waals surface area (Å²) in [7, 11) is -1.76. The monoisotopic (exact) mass is 374 g/mol. The van der Waals surface area contributed by atoms with Gasteiger partial charge in [-0.25, -0.2) is 8.78 Å². The van der Waals surface area contributed by atoms with E-state index in [1.54, 1.807) is 0 Å². The van der Waals surface area contributed by atoms with Gasteiger partial charge in [0.1, 0.15) is 5.75 Å². The van der Waals surface area contributed by atoms with Gasteiger partial charge >= 0.3 is 6.18 Å². The largest absolute Gasteiger partial charge is 0.421 e. The molecule has 23 heavy (non-hydrogen) atoms. The van der Waals surface area contributed by atoms with Gasteiger partial charge in [0.05, 0.1) is 24.3 Å². The van der Waals surface area contributed by atoms with Gasteiger partial charge in [0, 0.05) is 13.2 Å². The van der Waals surface area contributed by atoms with E-state index in [4.69, 9.17) is 8.92 Å². The predicted octanol–water partition coefficient (Wildman–Crippen LogP) is 5.88. The zero-order chi connectivity index (χ0) is 17.0. The van der Waals surface area contributed by atoms with Crippen LogP contribution < -0.4 is 4.18 Å². The molecule has 1 atom stereocenters. The van der Waals surface area contributed by atoms with Gasteiger partial charge < -0.3 is 8.92 Å². The van der Waals surface area contributed by atoms with Crippen molar-refractivity contribution in [2.24, 2.45) is 0 Å². The van der Waals surface area contributed by atoms with Crippen LogP contribution in [0.15, 0.2) is 18.2 Å². The molecular weight excluding hydrogens is 358 g/mol. The Morgan fingerprint density at radius 1 is 1.26 bits per heavy atom. The Balaban J connectivity index is 2.20. The van der Waals surface area contributed by atoms with Crippen LogP contribution >= 0.6 is 18.8 Å². The van der Waals surface area contributed by atoms with Gasteiger partial charge in [0.15, 0.2) is 0 Å². The lowest BCUT2D eigenvalue weighted by Crippen LogP contribution is -2.18. The van der Waals surface area contributed by atoms with Crippen LogP contribution in [-0.2, 0) is 10.9 Å². The highest BCUT2D eigenvalue weighted by Gasteiger charge is 2.36. The molecule has 1 aliphatic rings. The molecule has 0 N–H and O–H groups in total. The molecule has 0 saturated carbocycles. The summed E-state index contributed by atoms with van der Waals surface area (Å²) in [6.45, 7) is 2.18. The number of hydrogen-bond donors (Lipinski definition) is 0. The summed E-state index contributed by atoms with van der Waals surface area (Å²) in [4.78, 5) is 0. The summed E-state index contributed by atoms with van der Waals surface area (Å²) in [5, 5.41) is 0. The first-order valence-electron chi connectivity index (χ1n) is 6.93. The molecule has 1 heterocycles. The molecule has 1 unspecified atom stereocenters. The minimum Gasteiger partial charge on any atom is -0.421 e. The Morgan fingerprint density at radius 2 is 1.91 bits per heavy atom. The van der Waals surface area contributed by atoms with Crippen LogP contribution in [0.3, 0.4) is 0 Å². The highest BCUT2D eigenvalue weighted by atomic mass is 32.7. The van der Waals surface area contributed by atoms with Gasteiger partial charge in [-0.15, -0.1) is 0 Å². The zero-order valence-electron chi connectivity index (χ0n) is 12.3. The SMILES string of the molecule is CP(SOc1ccc(C2CCOCC2)c(C(F)(F)F)c1)C(F)F. The van der Waals surface area contributed by atoms with E-state index in [-0.39, 0.29) is 17.2 Å². The predicted molar refractivity (Wildman–Crippen MR) is 81.3 cm³/mol. The summed E-state index contributed by atoms with van der Waals surface area (Å²) < 4.78 is 75.0. The van der Waals surface area contributed by atoms with Gasteiger partial charge in [-0.2, -0.15) is 13.2 Å². The van der Waals surface area contributed by atoms with Gasteiger partial charge in [0.25, 0.3) is 6.17 Å². The number of halogens is 5. The Morgan fingerprint density at radius 3 is 2.48 bits per heavy atom. The normalized spacial score (nSPS) is 18.2. The topological polar surface area (TPSA) is 18.5 Å². The Labute approximate surface area is 136 Å². The first-order valence-corrected chi connectivity index (χ1v) is 10.1. The van der Waals surface area contributed by atoms with Crippen molar-refractivity contribution < 1.29 is 30.9 Å². The van der Waals surface area contributed by atoms with Gasteiger partial charge in [-0.1, -0.05) is 6.07 Å². The van der Waals surface area contributed by atoms with Crippen molar-refractivity contribution >= 4 is 18.8 Å². The summed E-state index contributed by atoms with van der Waals surface area (Å²) in [6, 6.07) is 3.68. The molecule has 2 nitrogen and oxygen atoms in total. The molecule has 0 bridgehead atoms. The summed E-state index contributed by atoms with van der Waals surface area (Å²) >= 11 is 0.526. The minimum atomic E-state index is -4.52. The minimum absolute atomic E-state index is 0.0619. The highest BCUT2D eigenvalue weighted by molar-refractivity contribution is 8.53. The van der Waals surface area contributed by atoms with Crippen LogP contribution in [0.2, 0.25) is 0 Å². The molecule has 0 amide bonds. The van der Waals surface area contributed by atoms with Crippen LogP contribution in [0.4, 0.5) is 22.0 Å². The zero-order valence-corrected chi connectivity index (χ0v) is 14.0. The molecule has 1 saturated heterocycles. The second-order valence-corrected chi connectivity index (χ2v) is 9.09. The van der Waals surface area contributed by atoms with Crippen molar-refractivity contribution in [2.75, 3.05) is 19.9 Å². The fourth-order valence-electron chi connectivity index (χ4n) is 2.33. The smallest absolute Gasteiger partial charge is 0.416 e. The molecule has 0 radical (unpaired) electrons. The van der Waals surface area contributed by atoms with E-state index < -0.39 is 25.0 Å². The van der Waals surface area contributed by atoms with E-state index in [1.807, 2.05) is 0 Å². The highest BCUT2D eigenvalue weighted by Crippen LogP contribution is 2.52. The van der Waals surface area contributed by atoms with Crippen molar-refractivity contribution in [2.45, 2.75) is 31.1 Å². The molecule has 0 spiro atoms. The van der Waals surface area contributed by atoms with Crippen LogP contribution in [0.25, 0.3) is 0 Å². The van der Waals surface area contributed by atoms with Crippen LogP contribution in [0.5, 0.6) is 5.75 Å². The maximum Gasteiger partial charge on any atom is 0.416 e. The molecule has 130 valence electrons. The maximum absolute atomic E-state index is 13.3. The van der Waals surface area contributed by atoms with Gasteiger partial charge in [-0.05, 0) is 43.1 Å². The molecule has 0 aromatic heterocycles. The summed E-state index contributed by atoms with van der Waals surface area (Å²) in [5.41, 5.74) is -0.550. The van der Waals surface area contributed by atoms with Gasteiger partial charge in [0.2, 0.25) is 0 Å². The van der Waals surface area contributed by atoms with E-state index in [0.717, 1.165) is 6.07 Å². The number of alkyl halides is 5. The summed E-state index contributed by atoms with van der Waals surface area (Å²) in [6.07, 6.45) is -6.00. The first-order chi connectivity index (χ1) is 10.8. The molecule has 1 aliphatic heterocycles. The van der Waals surface area contributed by atoms with Crippen LogP contribution in [0, 0.1) is 0 Å². The maximum atomic E-state index is 13.3. The third-order valence-corrected chi connectivity index (χ3v) is 5.98. The van der Waals surface area contributed by atoms with Crippen molar-refractivity contribution in [3.63, 3.8) is 0 Å². The summed E-state index contributed by atoms with van der Waals surface area (Å²) in [5.74, 6) is -0.278. The third-order valence-electron chi connectivity index (χ3n) is 3.52. The van der Waals surface area contributed by atoms with Crippen molar-refractivity contribution in [3.8, 4) is 5.75 Å². The first kappa shape index (κ1) is 18.7. The van der Waals surface area contributed by atoms with E-state index in [1.165, 1.54) is 18.8 Å². The van der Waals surface area contributed by atoms with Crippen LogP contribution in [0.1, 0.15) is 29.9 Å². The number of ether oxygens (including phenoxy) is 1. The van der Waals surface area contributed by atoms with Gasteiger partial charge in [-0.3, -0.25) is 0 Å². The molecule has 1 aromatic rings. The van der Waals surface area contributed by atoms with Crippen molar-refractivity contribution in [3.05, 3.63) is 29.3 Å². The molecule has 0 aliphatic carbocycles. The van der Waals surface area contributed by atoms with Crippen molar-refractivity contribution in [1.82, 2.24) is 0 Å². The molecule has 1 fully saturated rings. The van der Waals surface area contributed by atoms with Crippen molar-refractivity contribution in [1.29, 1.82) is 0 Å². The fourth-order valence-corrected chi connectivity index (χ4v) is 3.51. The Hall–Kier alpha value is -0.590. The average molecular weight is 374 g/mol. The van der Waals surface area contributed by atoms with E-state index in [0.29, 0.717) is 37.7 Å². The Kier molecular flexibility index (Phi) is 6.51. The Bertz CT molecular complexity index is 520. The van der Waals surface area contributed by atoms with E-state index in [2.05, 4.69) is 0 Å². The third kappa shape index (κ3) is 5.19. The lowest BCUT2D eigenvalue weighted by molar-refractivity contribution is -0.138. The number of hydrogen-bond acceptors (Lipinski definition) is 3. The molecule has 2 rings (SSSR count). The quantitative estimate of drug-likeness (QED) is 0.365. The lowest BCUT2D eigenvalue weighted by atomic mass is 9.88. The molecule has 1 aromatic carbocycles. The standard InChI is InChI=1S/C14H16F5O2PS/c1-22(13(15)16)23-21-10-2-3-11(9-4-6-20-7-5-9)12(8-10)14(17,18)19/h2-3,8-9,13H,4-7H2,1H3.